The van der Waals surface area contributed by atoms with Crippen LogP contribution in [0.3, 0.4) is 0 Å². The molecule has 1 saturated carbocycles. The summed E-state index contributed by atoms with van der Waals surface area (Å²) in [6, 6.07) is 0.394. The average molecular weight is 282 g/mol. The number of amides is 1. The van der Waals surface area contributed by atoms with Crippen LogP contribution in [0.5, 0.6) is 0 Å². The van der Waals surface area contributed by atoms with Crippen LogP contribution in [0.4, 0.5) is 0 Å². The summed E-state index contributed by atoms with van der Waals surface area (Å²) >= 11 is 0. The molecular formula is C17H34N2O. The minimum absolute atomic E-state index is 0.121. The van der Waals surface area contributed by atoms with Gasteiger partial charge < -0.3 is 11.1 Å². The van der Waals surface area contributed by atoms with Crippen LogP contribution in [0.15, 0.2) is 0 Å². The van der Waals surface area contributed by atoms with E-state index in [1.54, 1.807) is 0 Å². The average Bonchev–Trinajstić information content (AvgIpc) is 2.24. The van der Waals surface area contributed by atoms with E-state index in [2.05, 4.69) is 39.9 Å². The van der Waals surface area contributed by atoms with E-state index in [-0.39, 0.29) is 16.9 Å². The molecule has 0 aromatic rings. The molecule has 0 radical (unpaired) electrons. The quantitative estimate of drug-likeness (QED) is 0.809. The van der Waals surface area contributed by atoms with Gasteiger partial charge in [0.25, 0.3) is 0 Å². The van der Waals surface area contributed by atoms with E-state index in [1.807, 2.05) is 0 Å². The largest absolute Gasteiger partial charge is 0.351 e. The summed E-state index contributed by atoms with van der Waals surface area (Å²) in [6.45, 7) is 10.9. The molecule has 1 aliphatic carbocycles. The van der Waals surface area contributed by atoms with Crippen molar-refractivity contribution in [1.82, 2.24) is 5.32 Å². The van der Waals surface area contributed by atoms with Gasteiger partial charge in [-0.25, -0.2) is 0 Å². The summed E-state index contributed by atoms with van der Waals surface area (Å²) in [4.78, 5) is 12.1. The molecule has 118 valence electrons. The zero-order chi connectivity index (χ0) is 15.4. The highest BCUT2D eigenvalue weighted by Crippen LogP contribution is 2.28. The lowest BCUT2D eigenvalue weighted by Gasteiger charge is -2.33. The number of carbonyl (C=O) groups excluding carboxylic acids is 1. The smallest absolute Gasteiger partial charge is 0.220 e. The first-order valence-electron chi connectivity index (χ1n) is 8.14. The molecule has 0 aliphatic heterocycles. The maximum atomic E-state index is 12.1. The number of hydrogen-bond acceptors (Lipinski definition) is 2. The summed E-state index contributed by atoms with van der Waals surface area (Å²) < 4.78 is 0. The molecule has 1 fully saturated rings. The van der Waals surface area contributed by atoms with Crippen molar-refractivity contribution in [2.45, 2.75) is 91.1 Å². The lowest BCUT2D eigenvalue weighted by Crippen LogP contribution is -2.45. The molecule has 1 aliphatic rings. The van der Waals surface area contributed by atoms with Crippen molar-refractivity contribution in [3.63, 3.8) is 0 Å². The second-order valence-corrected chi connectivity index (χ2v) is 8.49. The van der Waals surface area contributed by atoms with E-state index in [0.29, 0.717) is 18.4 Å². The molecule has 3 nitrogen and oxygen atoms in total. The molecule has 3 N–H and O–H groups in total. The fraction of sp³-hybridized carbons (Fsp3) is 0.941. The van der Waals surface area contributed by atoms with Crippen molar-refractivity contribution in [1.29, 1.82) is 0 Å². The van der Waals surface area contributed by atoms with Crippen LogP contribution in [0.25, 0.3) is 0 Å². The zero-order valence-electron chi connectivity index (χ0n) is 14.1. The third-order valence-corrected chi connectivity index (χ3v) is 4.12. The van der Waals surface area contributed by atoms with Gasteiger partial charge in [-0.3, -0.25) is 4.79 Å². The molecule has 0 heterocycles. The molecular weight excluding hydrogens is 248 g/mol. The van der Waals surface area contributed by atoms with Crippen LogP contribution < -0.4 is 11.1 Å². The Morgan fingerprint density at radius 1 is 1.10 bits per heavy atom. The molecule has 0 unspecified atom stereocenters. The van der Waals surface area contributed by atoms with Gasteiger partial charge in [0.15, 0.2) is 0 Å². The van der Waals surface area contributed by atoms with Crippen molar-refractivity contribution in [3.8, 4) is 0 Å². The van der Waals surface area contributed by atoms with Crippen LogP contribution >= 0.6 is 0 Å². The van der Waals surface area contributed by atoms with Gasteiger partial charge in [0.05, 0.1) is 0 Å². The summed E-state index contributed by atoms with van der Waals surface area (Å²) in [5, 5.41) is 3.20. The van der Waals surface area contributed by atoms with Crippen LogP contribution in [-0.2, 0) is 4.79 Å². The van der Waals surface area contributed by atoms with E-state index >= 15 is 0 Å². The normalized spacial score (nSPS) is 24.5. The van der Waals surface area contributed by atoms with E-state index < -0.39 is 0 Å². The first-order valence-corrected chi connectivity index (χ1v) is 8.14. The molecule has 0 saturated heterocycles. The lowest BCUT2D eigenvalue weighted by molar-refractivity contribution is -0.123. The second-order valence-electron chi connectivity index (χ2n) is 8.49. The fourth-order valence-electron chi connectivity index (χ4n) is 3.62. The minimum atomic E-state index is -0.121. The van der Waals surface area contributed by atoms with Gasteiger partial charge in [-0.2, -0.15) is 0 Å². The minimum Gasteiger partial charge on any atom is -0.351 e. The molecule has 3 heteroatoms. The number of rotatable bonds is 5. The molecule has 1 amide bonds. The second kappa shape index (κ2) is 6.93. The maximum Gasteiger partial charge on any atom is 0.220 e. The van der Waals surface area contributed by atoms with E-state index in [1.165, 1.54) is 12.8 Å². The van der Waals surface area contributed by atoms with E-state index in [0.717, 1.165) is 25.7 Å². The highest BCUT2D eigenvalue weighted by Gasteiger charge is 2.27. The Hall–Kier alpha value is -0.570. The summed E-state index contributed by atoms with van der Waals surface area (Å²) in [7, 11) is 0. The van der Waals surface area contributed by atoms with E-state index in [9.17, 15) is 4.79 Å². The highest BCUT2D eigenvalue weighted by molar-refractivity contribution is 5.76. The van der Waals surface area contributed by atoms with Crippen molar-refractivity contribution in [3.05, 3.63) is 0 Å². The molecule has 0 atom stereocenters. The summed E-state index contributed by atoms with van der Waals surface area (Å²) in [5.41, 5.74) is 6.03. The van der Waals surface area contributed by atoms with Crippen LogP contribution in [0.1, 0.15) is 79.6 Å². The van der Waals surface area contributed by atoms with Crippen LogP contribution in [0, 0.1) is 11.3 Å². The lowest BCUT2D eigenvalue weighted by atomic mass is 9.81. The number of carbonyl (C=O) groups is 1. The maximum absolute atomic E-state index is 12.1. The van der Waals surface area contributed by atoms with Crippen molar-refractivity contribution < 1.29 is 4.79 Å². The van der Waals surface area contributed by atoms with E-state index in [4.69, 9.17) is 5.73 Å². The Morgan fingerprint density at radius 2 is 1.65 bits per heavy atom. The fourth-order valence-corrected chi connectivity index (χ4v) is 3.62. The Bertz CT molecular complexity index is 309. The first kappa shape index (κ1) is 17.5. The standard InChI is InChI=1S/C17H34N2O/c1-16(2,3)12-17(4,5)19-15(20)11-8-13-6-9-14(18)10-7-13/h13-14H,6-12,18H2,1-5H3,(H,19,20). The van der Waals surface area contributed by atoms with Gasteiger partial charge in [0, 0.05) is 18.0 Å². The van der Waals surface area contributed by atoms with Gasteiger partial charge in [-0.15, -0.1) is 0 Å². The molecule has 0 spiro atoms. The first-order chi connectivity index (χ1) is 9.07. The number of nitrogens with two attached hydrogens (primary N) is 1. The highest BCUT2D eigenvalue weighted by atomic mass is 16.1. The van der Waals surface area contributed by atoms with Gasteiger partial charge in [0.2, 0.25) is 5.91 Å². The SMILES string of the molecule is CC(C)(C)CC(C)(C)NC(=O)CCC1CCC(N)CC1. The van der Waals surface area contributed by atoms with Crippen LogP contribution in [-0.4, -0.2) is 17.5 Å². The van der Waals surface area contributed by atoms with Crippen molar-refractivity contribution in [2.75, 3.05) is 0 Å². The Balaban J connectivity index is 2.29. The third-order valence-electron chi connectivity index (χ3n) is 4.12. The molecule has 20 heavy (non-hydrogen) atoms. The molecule has 0 bridgehead atoms. The zero-order valence-corrected chi connectivity index (χ0v) is 14.1. The number of hydrogen-bond donors (Lipinski definition) is 2. The third kappa shape index (κ3) is 7.28. The molecule has 1 rings (SSSR count). The predicted octanol–water partition coefficient (Wildman–Crippen LogP) is 3.62. The predicted molar refractivity (Wildman–Crippen MR) is 85.5 cm³/mol. The Morgan fingerprint density at radius 3 is 2.15 bits per heavy atom. The molecule has 0 aromatic heterocycles. The van der Waals surface area contributed by atoms with Gasteiger partial charge in [0.1, 0.15) is 0 Å². The van der Waals surface area contributed by atoms with Gasteiger partial charge in [-0.05, 0) is 63.7 Å². The number of nitrogens with one attached hydrogen (secondary N) is 1. The Labute approximate surface area is 125 Å². The monoisotopic (exact) mass is 282 g/mol. The van der Waals surface area contributed by atoms with Gasteiger partial charge >= 0.3 is 0 Å². The van der Waals surface area contributed by atoms with Crippen molar-refractivity contribution in [2.24, 2.45) is 17.1 Å². The summed E-state index contributed by atoms with van der Waals surface area (Å²) in [6.07, 6.45) is 7.31. The topological polar surface area (TPSA) is 55.1 Å². The van der Waals surface area contributed by atoms with Crippen molar-refractivity contribution >= 4 is 5.91 Å². The Kier molecular flexibility index (Phi) is 6.06. The van der Waals surface area contributed by atoms with Gasteiger partial charge in [-0.1, -0.05) is 20.8 Å². The molecule has 0 aromatic carbocycles. The summed E-state index contributed by atoms with van der Waals surface area (Å²) in [5.74, 6) is 0.903. The van der Waals surface area contributed by atoms with Crippen LogP contribution in [0.2, 0.25) is 0 Å².